The molecule has 0 saturated carbocycles. The molecular formula is C21H28BrN3O3P+. The average molecular weight is 481 g/mol. The molecule has 156 valence electrons. The fourth-order valence-electron chi connectivity index (χ4n) is 3.36. The molecule has 0 aliphatic heterocycles. The van der Waals surface area contributed by atoms with E-state index in [2.05, 4.69) is 51.8 Å². The molecule has 2 aromatic rings. The van der Waals surface area contributed by atoms with Crippen LogP contribution in [0.4, 0.5) is 17.1 Å². The van der Waals surface area contributed by atoms with Crippen molar-refractivity contribution in [2.45, 2.75) is 47.5 Å². The standard InChI is InChI=1S/C21H27BrN3O3P/c1-6-17-14(5)20(21(28-29(26)27)18(7-2)19(17)22)24-23-15-10-12-16(13-11-15)25(8-3)9-4/h10-13H,6-9H2,1-5H3/p+1. The zero-order valence-electron chi connectivity index (χ0n) is 17.6. The van der Waals surface area contributed by atoms with Crippen molar-refractivity contribution in [2.24, 2.45) is 10.2 Å². The average Bonchev–Trinajstić information content (AvgIpc) is 2.70. The SMILES string of the molecule is CCc1c(C)c(N=Nc2ccc(N(CC)CC)cc2)c(O[P+](=O)O)c(CC)c1Br. The molecule has 0 aromatic heterocycles. The lowest BCUT2D eigenvalue weighted by molar-refractivity contribution is 0.409. The predicted molar refractivity (Wildman–Crippen MR) is 122 cm³/mol. The van der Waals surface area contributed by atoms with E-state index < -0.39 is 8.25 Å². The second kappa shape index (κ2) is 10.8. The van der Waals surface area contributed by atoms with Crippen molar-refractivity contribution in [3.63, 3.8) is 0 Å². The Morgan fingerprint density at radius 3 is 2.10 bits per heavy atom. The number of hydrogen-bond acceptors (Lipinski definition) is 5. The largest absolute Gasteiger partial charge is 0.747 e. The molecule has 1 N–H and O–H groups in total. The van der Waals surface area contributed by atoms with E-state index in [-0.39, 0.29) is 0 Å². The third-order valence-corrected chi connectivity index (χ3v) is 6.24. The Kier molecular flexibility index (Phi) is 8.75. The van der Waals surface area contributed by atoms with Crippen molar-refractivity contribution in [3.05, 3.63) is 45.4 Å². The van der Waals surface area contributed by atoms with Gasteiger partial charge in [0.05, 0.1) is 5.69 Å². The molecule has 0 heterocycles. The minimum absolute atomic E-state index is 0.307. The van der Waals surface area contributed by atoms with Crippen molar-refractivity contribution >= 4 is 41.2 Å². The van der Waals surface area contributed by atoms with Gasteiger partial charge in [-0.1, -0.05) is 29.8 Å². The monoisotopic (exact) mass is 480 g/mol. The summed E-state index contributed by atoms with van der Waals surface area (Å²) in [4.78, 5) is 11.6. The number of anilines is 1. The highest BCUT2D eigenvalue weighted by Crippen LogP contribution is 2.46. The van der Waals surface area contributed by atoms with E-state index >= 15 is 0 Å². The summed E-state index contributed by atoms with van der Waals surface area (Å²) in [6, 6.07) is 7.87. The van der Waals surface area contributed by atoms with Crippen LogP contribution in [-0.2, 0) is 17.4 Å². The fourth-order valence-corrected chi connectivity index (χ4v) is 4.75. The van der Waals surface area contributed by atoms with Gasteiger partial charge < -0.3 is 4.90 Å². The number of nitrogens with zero attached hydrogens (tertiary/aromatic N) is 3. The molecular weight excluding hydrogens is 453 g/mol. The molecule has 29 heavy (non-hydrogen) atoms. The fraction of sp³-hybridized carbons (Fsp3) is 0.429. The zero-order chi connectivity index (χ0) is 21.6. The van der Waals surface area contributed by atoms with Crippen LogP contribution in [0.25, 0.3) is 0 Å². The summed E-state index contributed by atoms with van der Waals surface area (Å²) in [6.45, 7) is 12.1. The lowest BCUT2D eigenvalue weighted by Gasteiger charge is -2.20. The molecule has 0 aliphatic carbocycles. The minimum Gasteiger partial charge on any atom is -0.372 e. The molecule has 2 rings (SSSR count). The second-order valence-electron chi connectivity index (χ2n) is 6.50. The first kappa shape index (κ1) is 23.5. The number of benzene rings is 2. The van der Waals surface area contributed by atoms with Gasteiger partial charge >= 0.3 is 8.25 Å². The maximum atomic E-state index is 11.4. The topological polar surface area (TPSA) is 74.5 Å². The molecule has 1 unspecified atom stereocenters. The van der Waals surface area contributed by atoms with Gasteiger partial charge in [-0.3, -0.25) is 0 Å². The highest BCUT2D eigenvalue weighted by atomic mass is 79.9. The maximum Gasteiger partial charge on any atom is 0.747 e. The van der Waals surface area contributed by atoms with Crippen LogP contribution in [0.1, 0.15) is 44.4 Å². The van der Waals surface area contributed by atoms with Crippen LogP contribution in [0.15, 0.2) is 39.0 Å². The Morgan fingerprint density at radius 1 is 1.03 bits per heavy atom. The van der Waals surface area contributed by atoms with Crippen LogP contribution in [0.2, 0.25) is 0 Å². The van der Waals surface area contributed by atoms with Gasteiger partial charge in [-0.25, -0.2) is 4.52 Å². The van der Waals surface area contributed by atoms with E-state index in [1.165, 1.54) is 0 Å². The van der Waals surface area contributed by atoms with Gasteiger partial charge in [0.1, 0.15) is 5.69 Å². The van der Waals surface area contributed by atoms with Crippen LogP contribution in [0, 0.1) is 6.92 Å². The normalized spacial score (nSPS) is 11.8. The lowest BCUT2D eigenvalue weighted by Crippen LogP contribution is -2.21. The summed E-state index contributed by atoms with van der Waals surface area (Å²) in [5.41, 5.74) is 5.12. The Balaban J connectivity index is 2.51. The van der Waals surface area contributed by atoms with Gasteiger partial charge in [-0.05, 0) is 69.0 Å². The van der Waals surface area contributed by atoms with Gasteiger partial charge in [0.2, 0.25) is 5.75 Å². The number of rotatable bonds is 9. The third-order valence-electron chi connectivity index (χ3n) is 4.95. The summed E-state index contributed by atoms with van der Waals surface area (Å²) in [5.74, 6) is 0.307. The molecule has 0 spiro atoms. The Labute approximate surface area is 182 Å². The summed E-state index contributed by atoms with van der Waals surface area (Å²) in [5, 5.41) is 8.80. The molecule has 0 saturated heterocycles. The quantitative estimate of drug-likeness (QED) is 0.304. The summed E-state index contributed by atoms with van der Waals surface area (Å²) >= 11 is 3.63. The third kappa shape index (κ3) is 5.41. The minimum atomic E-state index is -2.81. The van der Waals surface area contributed by atoms with Gasteiger partial charge in [-0.15, -0.1) is 10.0 Å². The predicted octanol–water partition coefficient (Wildman–Crippen LogP) is 7.17. The van der Waals surface area contributed by atoms with Crippen LogP contribution >= 0.6 is 24.2 Å². The van der Waals surface area contributed by atoms with E-state index in [1.807, 2.05) is 38.1 Å². The molecule has 0 radical (unpaired) electrons. The van der Waals surface area contributed by atoms with Gasteiger partial charge in [-0.2, -0.15) is 5.11 Å². The van der Waals surface area contributed by atoms with E-state index in [0.717, 1.165) is 46.4 Å². The van der Waals surface area contributed by atoms with Crippen molar-refractivity contribution in [1.82, 2.24) is 0 Å². The summed E-state index contributed by atoms with van der Waals surface area (Å²) < 4.78 is 17.6. The highest BCUT2D eigenvalue weighted by Gasteiger charge is 2.27. The van der Waals surface area contributed by atoms with Crippen LogP contribution < -0.4 is 9.42 Å². The highest BCUT2D eigenvalue weighted by molar-refractivity contribution is 9.10. The molecule has 0 fully saturated rings. The van der Waals surface area contributed by atoms with Crippen molar-refractivity contribution in [3.8, 4) is 5.75 Å². The van der Waals surface area contributed by atoms with Crippen molar-refractivity contribution < 1.29 is 14.0 Å². The Bertz CT molecular complexity index is 897. The molecule has 8 heteroatoms. The van der Waals surface area contributed by atoms with E-state index in [9.17, 15) is 9.46 Å². The van der Waals surface area contributed by atoms with Crippen LogP contribution in [-0.4, -0.2) is 18.0 Å². The number of hydrogen-bond donors (Lipinski definition) is 1. The second-order valence-corrected chi connectivity index (χ2v) is 7.95. The molecule has 1 atom stereocenters. The first-order chi connectivity index (χ1) is 13.9. The molecule has 0 aliphatic rings. The molecule has 0 bridgehead atoms. The van der Waals surface area contributed by atoms with Gasteiger partial charge in [0, 0.05) is 33.4 Å². The summed E-state index contributed by atoms with van der Waals surface area (Å²) in [7, 11) is -2.81. The van der Waals surface area contributed by atoms with Crippen LogP contribution in [0.3, 0.4) is 0 Å². The molecule has 2 aromatic carbocycles. The van der Waals surface area contributed by atoms with Crippen molar-refractivity contribution in [1.29, 1.82) is 0 Å². The number of azo groups is 1. The maximum absolute atomic E-state index is 11.4. The Morgan fingerprint density at radius 2 is 1.62 bits per heavy atom. The summed E-state index contributed by atoms with van der Waals surface area (Å²) in [6.07, 6.45) is 1.43. The number of halogens is 1. The molecule has 0 amide bonds. The lowest BCUT2D eigenvalue weighted by atomic mass is 9.98. The van der Waals surface area contributed by atoms with Gasteiger partial charge in [0.15, 0.2) is 0 Å². The first-order valence-corrected chi connectivity index (χ1v) is 11.7. The van der Waals surface area contributed by atoms with E-state index in [4.69, 9.17) is 4.52 Å². The van der Waals surface area contributed by atoms with Gasteiger partial charge in [0.25, 0.3) is 0 Å². The van der Waals surface area contributed by atoms with E-state index in [0.29, 0.717) is 23.5 Å². The first-order valence-electron chi connectivity index (χ1n) is 9.82. The molecule has 6 nitrogen and oxygen atoms in total. The zero-order valence-corrected chi connectivity index (χ0v) is 20.0. The van der Waals surface area contributed by atoms with Crippen LogP contribution in [0.5, 0.6) is 5.75 Å². The van der Waals surface area contributed by atoms with Crippen molar-refractivity contribution in [2.75, 3.05) is 18.0 Å². The Hall–Kier alpha value is -1.82. The van der Waals surface area contributed by atoms with E-state index in [1.54, 1.807) is 0 Å². The smallest absolute Gasteiger partial charge is 0.372 e.